The monoisotopic (exact) mass is 353 g/mol. The van der Waals surface area contributed by atoms with Gasteiger partial charge in [-0.3, -0.25) is 14.3 Å². The summed E-state index contributed by atoms with van der Waals surface area (Å²) in [5, 5.41) is 4.73. The van der Waals surface area contributed by atoms with E-state index >= 15 is 0 Å². The molecule has 0 atom stereocenters. The summed E-state index contributed by atoms with van der Waals surface area (Å²) in [5.41, 5.74) is 1.33. The van der Waals surface area contributed by atoms with Gasteiger partial charge in [0.15, 0.2) is 0 Å². The van der Waals surface area contributed by atoms with Crippen LogP contribution in [0.1, 0.15) is 18.9 Å². The average Bonchev–Trinajstić information content (AvgIpc) is 2.65. The molecule has 1 aromatic heterocycles. The normalized spacial score (nSPS) is 10.8. The van der Waals surface area contributed by atoms with Gasteiger partial charge < -0.3 is 4.90 Å². The molecule has 3 rings (SSSR count). The Kier molecular flexibility index (Phi) is 5.41. The second-order valence-electron chi connectivity index (χ2n) is 6.04. The van der Waals surface area contributed by atoms with E-state index in [1.807, 2.05) is 19.1 Å². The van der Waals surface area contributed by atoms with Crippen molar-refractivity contribution in [2.24, 2.45) is 0 Å². The van der Waals surface area contributed by atoms with Crippen molar-refractivity contribution in [3.8, 4) is 0 Å². The molecule has 0 aliphatic rings. The SMILES string of the molecule is CCN(Cc1cccc(F)c1)C(=O)CCn1ncc(=O)c2ccccc21. The first kappa shape index (κ1) is 17.8. The summed E-state index contributed by atoms with van der Waals surface area (Å²) >= 11 is 0. The summed E-state index contributed by atoms with van der Waals surface area (Å²) in [6.45, 7) is 3.17. The molecular formula is C20H20FN3O2. The Morgan fingerprint density at radius 2 is 2.00 bits per heavy atom. The number of rotatable bonds is 6. The molecule has 0 bridgehead atoms. The highest BCUT2D eigenvalue weighted by Gasteiger charge is 2.13. The van der Waals surface area contributed by atoms with E-state index in [1.54, 1.807) is 33.8 Å². The van der Waals surface area contributed by atoms with E-state index in [4.69, 9.17) is 0 Å². The smallest absolute Gasteiger partial charge is 0.224 e. The highest BCUT2D eigenvalue weighted by molar-refractivity contribution is 5.79. The number of halogens is 1. The zero-order valence-corrected chi connectivity index (χ0v) is 14.6. The predicted octanol–water partition coefficient (Wildman–Crippen LogP) is 2.97. The van der Waals surface area contributed by atoms with Crippen LogP contribution in [-0.4, -0.2) is 27.1 Å². The summed E-state index contributed by atoms with van der Waals surface area (Å²) < 4.78 is 15.0. The molecule has 5 nitrogen and oxygen atoms in total. The fourth-order valence-electron chi connectivity index (χ4n) is 2.93. The van der Waals surface area contributed by atoms with Gasteiger partial charge in [-0.2, -0.15) is 5.10 Å². The van der Waals surface area contributed by atoms with Gasteiger partial charge in [-0.1, -0.05) is 24.3 Å². The highest BCUT2D eigenvalue weighted by atomic mass is 19.1. The van der Waals surface area contributed by atoms with Crippen LogP contribution < -0.4 is 5.43 Å². The van der Waals surface area contributed by atoms with Crippen molar-refractivity contribution in [3.63, 3.8) is 0 Å². The van der Waals surface area contributed by atoms with Gasteiger partial charge in [-0.25, -0.2) is 4.39 Å². The van der Waals surface area contributed by atoms with Crippen molar-refractivity contribution in [2.45, 2.75) is 26.4 Å². The molecule has 1 heterocycles. The molecule has 0 fully saturated rings. The minimum absolute atomic E-state index is 0.0404. The Bertz CT molecular complexity index is 984. The number of hydrogen-bond acceptors (Lipinski definition) is 3. The zero-order valence-electron chi connectivity index (χ0n) is 14.6. The topological polar surface area (TPSA) is 55.2 Å². The molecule has 0 saturated carbocycles. The Balaban J connectivity index is 1.71. The Hall–Kier alpha value is -3.02. The Morgan fingerprint density at radius 3 is 2.77 bits per heavy atom. The first-order valence-corrected chi connectivity index (χ1v) is 8.55. The van der Waals surface area contributed by atoms with Crippen molar-refractivity contribution >= 4 is 16.8 Å². The van der Waals surface area contributed by atoms with Gasteiger partial charge in [0.2, 0.25) is 11.3 Å². The number of hydrogen-bond donors (Lipinski definition) is 0. The van der Waals surface area contributed by atoms with Gasteiger partial charge in [0.05, 0.1) is 18.3 Å². The van der Waals surface area contributed by atoms with Crippen LogP contribution in [0.25, 0.3) is 10.9 Å². The second-order valence-corrected chi connectivity index (χ2v) is 6.04. The van der Waals surface area contributed by atoms with Crippen LogP contribution >= 0.6 is 0 Å². The van der Waals surface area contributed by atoms with E-state index in [-0.39, 0.29) is 23.6 Å². The molecule has 134 valence electrons. The van der Waals surface area contributed by atoms with Crippen LogP contribution in [-0.2, 0) is 17.9 Å². The zero-order chi connectivity index (χ0) is 18.5. The lowest BCUT2D eigenvalue weighted by molar-refractivity contribution is -0.131. The van der Waals surface area contributed by atoms with Crippen LogP contribution in [0, 0.1) is 5.82 Å². The molecular weight excluding hydrogens is 333 g/mol. The molecule has 0 spiro atoms. The first-order valence-electron chi connectivity index (χ1n) is 8.55. The number of fused-ring (bicyclic) bond motifs is 1. The molecule has 26 heavy (non-hydrogen) atoms. The van der Waals surface area contributed by atoms with Crippen LogP contribution in [0.3, 0.4) is 0 Å². The van der Waals surface area contributed by atoms with Gasteiger partial charge >= 0.3 is 0 Å². The van der Waals surface area contributed by atoms with Gasteiger partial charge in [0.1, 0.15) is 5.82 Å². The number of aryl methyl sites for hydroxylation is 1. The molecule has 3 aromatic rings. The van der Waals surface area contributed by atoms with E-state index < -0.39 is 0 Å². The van der Waals surface area contributed by atoms with Crippen LogP contribution in [0.4, 0.5) is 4.39 Å². The lowest BCUT2D eigenvalue weighted by Gasteiger charge is -2.21. The number of benzene rings is 2. The fourth-order valence-corrected chi connectivity index (χ4v) is 2.93. The molecule has 0 unspecified atom stereocenters. The van der Waals surface area contributed by atoms with E-state index in [0.29, 0.717) is 30.5 Å². The first-order chi connectivity index (χ1) is 12.6. The Labute approximate surface area is 150 Å². The molecule has 0 N–H and O–H groups in total. The quantitative estimate of drug-likeness (QED) is 0.685. The van der Waals surface area contributed by atoms with E-state index in [1.165, 1.54) is 18.3 Å². The second kappa shape index (κ2) is 7.91. The molecule has 0 saturated heterocycles. The van der Waals surface area contributed by atoms with Crippen molar-refractivity contribution in [3.05, 3.63) is 76.3 Å². The predicted molar refractivity (Wildman–Crippen MR) is 98.1 cm³/mol. The van der Waals surface area contributed by atoms with Crippen molar-refractivity contribution in [1.29, 1.82) is 0 Å². The number of amides is 1. The third-order valence-electron chi connectivity index (χ3n) is 4.30. The largest absolute Gasteiger partial charge is 0.339 e. The number of para-hydroxylation sites is 1. The number of aromatic nitrogens is 2. The van der Waals surface area contributed by atoms with Crippen molar-refractivity contribution in [1.82, 2.24) is 14.7 Å². The number of carbonyl (C=O) groups excluding carboxylic acids is 1. The van der Waals surface area contributed by atoms with Crippen LogP contribution in [0.15, 0.2) is 59.5 Å². The van der Waals surface area contributed by atoms with Gasteiger partial charge in [-0.05, 0) is 36.8 Å². The van der Waals surface area contributed by atoms with Crippen LogP contribution in [0.5, 0.6) is 0 Å². The van der Waals surface area contributed by atoms with E-state index in [0.717, 1.165) is 5.56 Å². The molecule has 2 aromatic carbocycles. The van der Waals surface area contributed by atoms with Gasteiger partial charge in [0, 0.05) is 24.9 Å². The third kappa shape index (κ3) is 3.96. The average molecular weight is 353 g/mol. The van der Waals surface area contributed by atoms with Gasteiger partial charge in [-0.15, -0.1) is 0 Å². The number of carbonyl (C=O) groups is 1. The maximum atomic E-state index is 13.3. The van der Waals surface area contributed by atoms with Crippen molar-refractivity contribution < 1.29 is 9.18 Å². The fraction of sp³-hybridized carbons (Fsp3) is 0.250. The highest BCUT2D eigenvalue weighted by Crippen LogP contribution is 2.11. The summed E-state index contributed by atoms with van der Waals surface area (Å²) in [4.78, 5) is 26.1. The maximum absolute atomic E-state index is 13.3. The number of nitrogens with zero attached hydrogens (tertiary/aromatic N) is 3. The minimum atomic E-state index is -0.310. The molecule has 0 radical (unpaired) electrons. The Morgan fingerprint density at radius 1 is 1.19 bits per heavy atom. The van der Waals surface area contributed by atoms with Crippen LogP contribution in [0.2, 0.25) is 0 Å². The van der Waals surface area contributed by atoms with E-state index in [9.17, 15) is 14.0 Å². The summed E-state index contributed by atoms with van der Waals surface area (Å²) in [5.74, 6) is -0.351. The maximum Gasteiger partial charge on any atom is 0.224 e. The summed E-state index contributed by atoms with van der Waals surface area (Å²) in [6.07, 6.45) is 1.53. The standard InChI is InChI=1S/C20H20FN3O2/c1-2-23(14-15-6-5-7-16(21)12-15)20(26)10-11-24-18-9-4-3-8-17(18)19(25)13-22-24/h3-9,12-13H,2,10-11,14H2,1H3. The minimum Gasteiger partial charge on any atom is -0.339 e. The third-order valence-corrected chi connectivity index (χ3v) is 4.30. The summed E-state index contributed by atoms with van der Waals surface area (Å²) in [6, 6.07) is 13.5. The van der Waals surface area contributed by atoms with Crippen molar-refractivity contribution in [2.75, 3.05) is 6.54 Å². The van der Waals surface area contributed by atoms with E-state index in [2.05, 4.69) is 5.10 Å². The lowest BCUT2D eigenvalue weighted by Crippen LogP contribution is -2.31. The molecule has 0 aliphatic carbocycles. The molecule has 1 amide bonds. The lowest BCUT2D eigenvalue weighted by atomic mass is 10.2. The molecule has 0 aliphatic heterocycles. The summed E-state index contributed by atoms with van der Waals surface area (Å²) in [7, 11) is 0. The molecule has 6 heteroatoms. The van der Waals surface area contributed by atoms with Gasteiger partial charge in [0.25, 0.3) is 0 Å².